The van der Waals surface area contributed by atoms with Gasteiger partial charge in [-0.1, -0.05) is 51.1 Å². The van der Waals surface area contributed by atoms with Gasteiger partial charge in [0.05, 0.1) is 0 Å². The van der Waals surface area contributed by atoms with Crippen LogP contribution in [0.3, 0.4) is 0 Å². The van der Waals surface area contributed by atoms with Crippen molar-refractivity contribution < 1.29 is 0 Å². The molecule has 0 saturated heterocycles. The second-order valence-electron chi connectivity index (χ2n) is 3.90. The molecule has 0 aromatic heterocycles. The van der Waals surface area contributed by atoms with E-state index in [1.165, 1.54) is 12.0 Å². The number of nitrogens with zero attached hydrogens (tertiary/aromatic N) is 1. The van der Waals surface area contributed by atoms with E-state index in [2.05, 4.69) is 56.3 Å². The molecule has 0 fully saturated rings. The minimum absolute atomic E-state index is 0.670. The maximum Gasteiger partial charge on any atom is -0.00191 e. The van der Waals surface area contributed by atoms with Crippen LogP contribution in [0.1, 0.15) is 38.7 Å². The molecule has 1 aromatic rings. The molecule has 0 radical (unpaired) electrons. The molecular formula is C14H25N. The van der Waals surface area contributed by atoms with Gasteiger partial charge in [-0.2, -0.15) is 0 Å². The first-order valence-corrected chi connectivity index (χ1v) is 5.90. The van der Waals surface area contributed by atoms with Crippen molar-refractivity contribution in [1.29, 1.82) is 0 Å². The average molecular weight is 207 g/mol. The van der Waals surface area contributed by atoms with E-state index in [1.807, 2.05) is 13.8 Å². The van der Waals surface area contributed by atoms with Crippen LogP contribution >= 0.6 is 0 Å². The smallest absolute Gasteiger partial charge is 0.00191 e. The Hall–Kier alpha value is -0.820. The molecule has 15 heavy (non-hydrogen) atoms. The van der Waals surface area contributed by atoms with Gasteiger partial charge in [0.2, 0.25) is 0 Å². The maximum atomic E-state index is 2.29. The lowest BCUT2D eigenvalue weighted by molar-refractivity contribution is 0.386. The highest BCUT2D eigenvalue weighted by atomic mass is 15.0. The van der Waals surface area contributed by atoms with Crippen LogP contribution < -0.4 is 0 Å². The van der Waals surface area contributed by atoms with Crippen LogP contribution in [-0.4, -0.2) is 25.5 Å². The fourth-order valence-corrected chi connectivity index (χ4v) is 1.40. The van der Waals surface area contributed by atoms with E-state index in [-0.39, 0.29) is 0 Å². The molecule has 0 aliphatic carbocycles. The van der Waals surface area contributed by atoms with Crippen LogP contribution in [0.15, 0.2) is 30.3 Å². The summed E-state index contributed by atoms with van der Waals surface area (Å²) in [6, 6.07) is 10.7. The molecule has 0 spiro atoms. The average Bonchev–Trinajstić information content (AvgIpc) is 2.30. The summed E-state index contributed by atoms with van der Waals surface area (Å²) < 4.78 is 0. The minimum Gasteiger partial charge on any atom is -0.309 e. The predicted molar refractivity (Wildman–Crippen MR) is 69.4 cm³/mol. The van der Waals surface area contributed by atoms with Crippen molar-refractivity contribution in [2.45, 2.75) is 33.1 Å². The molecule has 0 N–H and O–H groups in total. The van der Waals surface area contributed by atoms with Crippen molar-refractivity contribution in [3.63, 3.8) is 0 Å². The standard InChI is InChI=1S/C12H19N.C2H6/c1-11(9-10-13(2)3)12-7-5-4-6-8-12;1-2/h4-8,11H,9-10H2,1-3H3;1-2H3. The predicted octanol–water partition coefficient (Wildman–Crippen LogP) is 3.77. The largest absolute Gasteiger partial charge is 0.309 e. The molecule has 0 bridgehead atoms. The molecule has 0 heterocycles. The van der Waals surface area contributed by atoms with E-state index in [9.17, 15) is 0 Å². The zero-order valence-corrected chi connectivity index (χ0v) is 10.8. The Morgan fingerprint density at radius 1 is 1.07 bits per heavy atom. The summed E-state index contributed by atoms with van der Waals surface area (Å²) in [4.78, 5) is 2.24. The second-order valence-corrected chi connectivity index (χ2v) is 3.90. The Kier molecular flexibility index (Phi) is 8.02. The fourth-order valence-electron chi connectivity index (χ4n) is 1.40. The summed E-state index contributed by atoms with van der Waals surface area (Å²) in [6.45, 7) is 7.45. The van der Waals surface area contributed by atoms with Gasteiger partial charge in [-0.25, -0.2) is 0 Å². The van der Waals surface area contributed by atoms with Crippen LogP contribution in [0.2, 0.25) is 0 Å². The van der Waals surface area contributed by atoms with Crippen LogP contribution in [0.5, 0.6) is 0 Å². The highest BCUT2D eigenvalue weighted by Gasteiger charge is 2.04. The molecule has 1 aromatic carbocycles. The summed E-state index contributed by atoms with van der Waals surface area (Å²) in [5.41, 5.74) is 1.45. The minimum atomic E-state index is 0.670. The van der Waals surface area contributed by atoms with Gasteiger partial charge in [-0.15, -0.1) is 0 Å². The zero-order chi connectivity index (χ0) is 11.7. The molecular weight excluding hydrogens is 182 g/mol. The first-order valence-electron chi connectivity index (χ1n) is 5.90. The van der Waals surface area contributed by atoms with E-state index in [1.54, 1.807) is 0 Å². The number of hydrogen-bond donors (Lipinski definition) is 0. The van der Waals surface area contributed by atoms with Gasteiger partial charge in [0.25, 0.3) is 0 Å². The number of rotatable bonds is 4. The van der Waals surface area contributed by atoms with Crippen LogP contribution in [-0.2, 0) is 0 Å². The van der Waals surface area contributed by atoms with E-state index < -0.39 is 0 Å². The molecule has 1 heteroatoms. The topological polar surface area (TPSA) is 3.24 Å². The second kappa shape index (κ2) is 8.49. The Morgan fingerprint density at radius 3 is 2.07 bits per heavy atom. The van der Waals surface area contributed by atoms with Crippen LogP contribution in [0, 0.1) is 0 Å². The van der Waals surface area contributed by atoms with Gasteiger partial charge in [0.15, 0.2) is 0 Å². The lowest BCUT2D eigenvalue weighted by atomic mass is 9.98. The third-order valence-corrected chi connectivity index (χ3v) is 2.38. The van der Waals surface area contributed by atoms with Gasteiger partial charge < -0.3 is 4.90 Å². The maximum absolute atomic E-state index is 2.29. The Morgan fingerprint density at radius 2 is 1.60 bits per heavy atom. The third-order valence-electron chi connectivity index (χ3n) is 2.38. The first kappa shape index (κ1) is 14.2. The van der Waals surface area contributed by atoms with Crippen LogP contribution in [0.25, 0.3) is 0 Å². The molecule has 1 atom stereocenters. The van der Waals surface area contributed by atoms with E-state index in [0.29, 0.717) is 5.92 Å². The molecule has 1 nitrogen and oxygen atoms in total. The highest BCUT2D eigenvalue weighted by Crippen LogP contribution is 2.17. The molecule has 0 aliphatic rings. The van der Waals surface area contributed by atoms with Crippen molar-refractivity contribution in [1.82, 2.24) is 4.90 Å². The Balaban J connectivity index is 0.000000921. The Labute approximate surface area is 95.1 Å². The first-order chi connectivity index (χ1) is 7.20. The number of benzene rings is 1. The van der Waals surface area contributed by atoms with Gasteiger partial charge in [-0.05, 0) is 38.5 Å². The highest BCUT2D eigenvalue weighted by molar-refractivity contribution is 5.18. The zero-order valence-electron chi connectivity index (χ0n) is 10.8. The molecule has 1 rings (SSSR count). The summed E-state index contributed by atoms with van der Waals surface area (Å²) in [5.74, 6) is 0.670. The SMILES string of the molecule is CC.CC(CCN(C)C)c1ccccc1. The van der Waals surface area contributed by atoms with Gasteiger partial charge >= 0.3 is 0 Å². The van der Waals surface area contributed by atoms with Crippen molar-refractivity contribution in [3.05, 3.63) is 35.9 Å². The van der Waals surface area contributed by atoms with E-state index in [0.717, 1.165) is 6.54 Å². The quantitative estimate of drug-likeness (QED) is 0.726. The fraction of sp³-hybridized carbons (Fsp3) is 0.571. The summed E-state index contributed by atoms with van der Waals surface area (Å²) in [6.07, 6.45) is 1.23. The lowest BCUT2D eigenvalue weighted by Crippen LogP contribution is -2.14. The molecule has 1 unspecified atom stereocenters. The monoisotopic (exact) mass is 207 g/mol. The van der Waals surface area contributed by atoms with Crippen molar-refractivity contribution in [2.75, 3.05) is 20.6 Å². The third kappa shape index (κ3) is 6.29. The number of hydrogen-bond acceptors (Lipinski definition) is 1. The summed E-state index contributed by atoms with van der Waals surface area (Å²) >= 11 is 0. The van der Waals surface area contributed by atoms with E-state index >= 15 is 0 Å². The summed E-state index contributed by atoms with van der Waals surface area (Å²) in [7, 11) is 4.25. The molecule has 86 valence electrons. The molecule has 0 amide bonds. The van der Waals surface area contributed by atoms with Gasteiger partial charge in [0, 0.05) is 0 Å². The van der Waals surface area contributed by atoms with Gasteiger partial charge in [0.1, 0.15) is 0 Å². The lowest BCUT2D eigenvalue weighted by Gasteiger charge is -2.15. The van der Waals surface area contributed by atoms with Crippen molar-refractivity contribution in [3.8, 4) is 0 Å². The summed E-state index contributed by atoms with van der Waals surface area (Å²) in [5, 5.41) is 0. The van der Waals surface area contributed by atoms with Gasteiger partial charge in [-0.3, -0.25) is 0 Å². The van der Waals surface area contributed by atoms with Crippen LogP contribution in [0.4, 0.5) is 0 Å². The van der Waals surface area contributed by atoms with Crippen molar-refractivity contribution >= 4 is 0 Å². The molecule has 0 saturated carbocycles. The van der Waals surface area contributed by atoms with Crippen molar-refractivity contribution in [2.24, 2.45) is 0 Å². The van der Waals surface area contributed by atoms with E-state index in [4.69, 9.17) is 0 Å². The normalized spacial score (nSPS) is 11.9. The Bertz CT molecular complexity index is 228. The molecule has 0 aliphatic heterocycles.